The van der Waals surface area contributed by atoms with Gasteiger partial charge in [-0.05, 0) is 132 Å². The maximum atomic E-state index is 2.39. The van der Waals surface area contributed by atoms with Crippen molar-refractivity contribution in [2.45, 2.75) is 0 Å². The first-order valence-electron chi connectivity index (χ1n) is 20.7. The number of aromatic nitrogens is 1. The molecule has 0 aliphatic carbocycles. The molecule has 0 saturated heterocycles. The minimum absolute atomic E-state index is 1.09. The van der Waals surface area contributed by atoms with E-state index in [0.717, 1.165) is 22.7 Å². The van der Waals surface area contributed by atoms with Gasteiger partial charge in [-0.25, -0.2) is 0 Å². The number of para-hydroxylation sites is 2. The summed E-state index contributed by atoms with van der Waals surface area (Å²) in [5.41, 5.74) is 11.6. The Kier molecular flexibility index (Phi) is 7.89. The number of rotatable bonds is 6. The molecule has 2 heteroatoms. The van der Waals surface area contributed by atoms with E-state index in [2.05, 4.69) is 240 Å². The number of hydrogen-bond donors (Lipinski definition) is 0. The van der Waals surface area contributed by atoms with Gasteiger partial charge in [0.1, 0.15) is 0 Å². The summed E-state index contributed by atoms with van der Waals surface area (Å²) < 4.78 is 2.39. The van der Waals surface area contributed by atoms with Crippen LogP contribution in [-0.4, -0.2) is 4.57 Å². The van der Waals surface area contributed by atoms with Crippen LogP contribution in [-0.2, 0) is 0 Å². The first-order valence-corrected chi connectivity index (χ1v) is 20.7. The molecule has 280 valence electrons. The van der Waals surface area contributed by atoms with Gasteiger partial charge in [0, 0.05) is 33.5 Å². The Labute approximate surface area is 348 Å². The van der Waals surface area contributed by atoms with Gasteiger partial charge < -0.3 is 9.47 Å². The van der Waals surface area contributed by atoms with Gasteiger partial charge in [-0.2, -0.15) is 0 Å². The van der Waals surface area contributed by atoms with Crippen LogP contribution < -0.4 is 4.90 Å². The topological polar surface area (TPSA) is 8.17 Å². The molecular formula is C58H38N2. The fraction of sp³-hybridized carbons (Fsp3) is 0. The van der Waals surface area contributed by atoms with Crippen molar-refractivity contribution >= 4 is 82.0 Å². The molecule has 0 spiro atoms. The van der Waals surface area contributed by atoms with Crippen LogP contribution in [0.1, 0.15) is 0 Å². The van der Waals surface area contributed by atoms with Gasteiger partial charge in [-0.15, -0.1) is 0 Å². The monoisotopic (exact) mass is 762 g/mol. The lowest BCUT2D eigenvalue weighted by atomic mass is 9.92. The molecule has 12 rings (SSSR count). The van der Waals surface area contributed by atoms with E-state index in [0.29, 0.717) is 0 Å². The zero-order valence-electron chi connectivity index (χ0n) is 32.8. The summed E-state index contributed by atoms with van der Waals surface area (Å²) in [5.74, 6) is 0. The number of benzene rings is 11. The van der Waals surface area contributed by atoms with Crippen molar-refractivity contribution in [3.05, 3.63) is 231 Å². The van der Waals surface area contributed by atoms with Crippen LogP contribution in [0.25, 0.3) is 92.8 Å². The molecule has 0 unspecified atom stereocenters. The molecule has 0 amide bonds. The molecule has 0 bridgehead atoms. The van der Waals surface area contributed by atoms with Crippen LogP contribution in [0.3, 0.4) is 0 Å². The quantitative estimate of drug-likeness (QED) is 0.153. The van der Waals surface area contributed by atoms with E-state index in [1.54, 1.807) is 0 Å². The van der Waals surface area contributed by atoms with Gasteiger partial charge in [0.25, 0.3) is 0 Å². The molecule has 0 atom stereocenters. The SMILES string of the molecule is c1cc(N(c2ccc(-c3ccc4ccccc4c3)cc2)c2ccc(-c3ccc4c5ccccc5c5ccccc5c4c3)cc2)cc(-n2c3ccccc3c3ccccc32)c1. The molecule has 1 aromatic heterocycles. The highest BCUT2D eigenvalue weighted by atomic mass is 15.1. The number of fused-ring (bicyclic) bond motifs is 10. The predicted molar refractivity (Wildman–Crippen MR) is 256 cm³/mol. The summed E-state index contributed by atoms with van der Waals surface area (Å²) in [4.78, 5) is 2.38. The molecule has 0 aliphatic heterocycles. The number of nitrogens with zero attached hydrogens (tertiary/aromatic N) is 2. The standard InChI is InChI=1S/C58H38N2/c1-2-13-42-36-43(25-24-39(42)12-1)40-26-31-45(32-27-40)59(47-14-11-15-48(38-47)60-57-22-9-7-20-54(57)55-21-8-10-23-58(55)60)46-33-28-41(29-34-46)44-30-35-53-51-18-4-3-16-49(51)50-17-5-6-19-52(50)56(53)37-44/h1-38H. The van der Waals surface area contributed by atoms with Crippen molar-refractivity contribution in [3.63, 3.8) is 0 Å². The fourth-order valence-electron chi connectivity index (χ4n) is 9.48. The van der Waals surface area contributed by atoms with E-state index in [9.17, 15) is 0 Å². The summed E-state index contributed by atoms with van der Waals surface area (Å²) in [6, 6.07) is 84.3. The van der Waals surface area contributed by atoms with E-state index in [1.165, 1.54) is 87.1 Å². The van der Waals surface area contributed by atoms with E-state index < -0.39 is 0 Å². The first-order chi connectivity index (χ1) is 29.7. The van der Waals surface area contributed by atoms with Gasteiger partial charge >= 0.3 is 0 Å². The van der Waals surface area contributed by atoms with Crippen molar-refractivity contribution in [1.82, 2.24) is 4.57 Å². The first kappa shape index (κ1) is 34.1. The Morgan fingerprint density at radius 3 is 1.30 bits per heavy atom. The minimum atomic E-state index is 1.09. The normalized spacial score (nSPS) is 11.7. The third kappa shape index (κ3) is 5.57. The Morgan fingerprint density at radius 1 is 0.250 bits per heavy atom. The molecule has 0 aliphatic rings. The largest absolute Gasteiger partial charge is 0.310 e. The second kappa shape index (κ2) is 13.9. The van der Waals surface area contributed by atoms with Crippen LogP contribution in [0.5, 0.6) is 0 Å². The highest BCUT2D eigenvalue weighted by Crippen LogP contribution is 2.41. The summed E-state index contributed by atoms with van der Waals surface area (Å²) in [7, 11) is 0. The summed E-state index contributed by atoms with van der Waals surface area (Å²) in [5, 5.41) is 12.7. The van der Waals surface area contributed by atoms with Crippen LogP contribution in [0.4, 0.5) is 17.1 Å². The van der Waals surface area contributed by atoms with E-state index in [1.807, 2.05) is 0 Å². The number of hydrogen-bond acceptors (Lipinski definition) is 1. The average molecular weight is 763 g/mol. The molecule has 60 heavy (non-hydrogen) atoms. The molecule has 2 nitrogen and oxygen atoms in total. The Morgan fingerprint density at radius 2 is 0.700 bits per heavy atom. The summed E-state index contributed by atoms with van der Waals surface area (Å²) in [6.45, 7) is 0. The zero-order chi connectivity index (χ0) is 39.6. The Bertz CT molecular complexity index is 3510. The maximum Gasteiger partial charge on any atom is 0.0541 e. The lowest BCUT2D eigenvalue weighted by Crippen LogP contribution is -2.10. The minimum Gasteiger partial charge on any atom is -0.310 e. The predicted octanol–water partition coefficient (Wildman–Crippen LogP) is 16.2. The van der Waals surface area contributed by atoms with Crippen molar-refractivity contribution < 1.29 is 0 Å². The molecular weight excluding hydrogens is 725 g/mol. The highest BCUT2D eigenvalue weighted by Gasteiger charge is 2.17. The van der Waals surface area contributed by atoms with E-state index >= 15 is 0 Å². The van der Waals surface area contributed by atoms with Crippen molar-refractivity contribution in [2.24, 2.45) is 0 Å². The van der Waals surface area contributed by atoms with Gasteiger partial charge in [0.2, 0.25) is 0 Å². The lowest BCUT2D eigenvalue weighted by Gasteiger charge is -2.26. The zero-order valence-corrected chi connectivity index (χ0v) is 32.8. The molecule has 1 heterocycles. The van der Waals surface area contributed by atoms with Gasteiger partial charge in [0.15, 0.2) is 0 Å². The fourth-order valence-corrected chi connectivity index (χ4v) is 9.48. The van der Waals surface area contributed by atoms with Crippen LogP contribution in [0, 0.1) is 0 Å². The number of anilines is 3. The summed E-state index contributed by atoms with van der Waals surface area (Å²) in [6.07, 6.45) is 0. The van der Waals surface area contributed by atoms with E-state index in [-0.39, 0.29) is 0 Å². The van der Waals surface area contributed by atoms with E-state index in [4.69, 9.17) is 0 Å². The lowest BCUT2D eigenvalue weighted by molar-refractivity contribution is 1.17. The third-order valence-corrected chi connectivity index (χ3v) is 12.3. The molecule has 12 aromatic rings. The van der Waals surface area contributed by atoms with Crippen LogP contribution in [0.15, 0.2) is 231 Å². The molecule has 0 fully saturated rings. The molecule has 0 saturated carbocycles. The van der Waals surface area contributed by atoms with Gasteiger partial charge in [0.05, 0.1) is 11.0 Å². The van der Waals surface area contributed by atoms with Crippen LogP contribution >= 0.6 is 0 Å². The van der Waals surface area contributed by atoms with Crippen molar-refractivity contribution in [3.8, 4) is 27.9 Å². The van der Waals surface area contributed by atoms with Crippen molar-refractivity contribution in [2.75, 3.05) is 4.90 Å². The Hall–Kier alpha value is -7.94. The van der Waals surface area contributed by atoms with Crippen molar-refractivity contribution in [1.29, 1.82) is 0 Å². The third-order valence-electron chi connectivity index (χ3n) is 12.3. The smallest absolute Gasteiger partial charge is 0.0541 e. The maximum absolute atomic E-state index is 2.39. The van der Waals surface area contributed by atoms with Gasteiger partial charge in [-0.1, -0.05) is 164 Å². The molecule has 0 N–H and O–H groups in total. The second-order valence-electron chi connectivity index (χ2n) is 15.7. The van der Waals surface area contributed by atoms with Gasteiger partial charge in [-0.3, -0.25) is 0 Å². The average Bonchev–Trinajstić information content (AvgIpc) is 3.66. The molecule has 0 radical (unpaired) electrons. The summed E-state index contributed by atoms with van der Waals surface area (Å²) >= 11 is 0. The molecule has 11 aromatic carbocycles. The highest BCUT2D eigenvalue weighted by molar-refractivity contribution is 6.25. The second-order valence-corrected chi connectivity index (χ2v) is 15.7. The Balaban J connectivity index is 0.983. The van der Waals surface area contributed by atoms with Crippen LogP contribution in [0.2, 0.25) is 0 Å².